The van der Waals surface area contributed by atoms with Crippen LogP contribution in [0.3, 0.4) is 0 Å². The normalized spacial score (nSPS) is 12.5. The van der Waals surface area contributed by atoms with Crippen molar-refractivity contribution in [2.45, 2.75) is 11.2 Å². The first-order chi connectivity index (χ1) is 6.27. The maximum Gasteiger partial charge on any atom is 0.0444 e. The van der Waals surface area contributed by atoms with Crippen molar-refractivity contribution < 1.29 is 5.11 Å². The Kier molecular flexibility index (Phi) is 4.19. The van der Waals surface area contributed by atoms with E-state index in [0.717, 1.165) is 12.0 Å². The van der Waals surface area contributed by atoms with Gasteiger partial charge in [-0.15, -0.1) is 0 Å². The number of hydrogen-bond acceptors (Lipinski definition) is 1. The minimum Gasteiger partial charge on any atom is -0.396 e. The summed E-state index contributed by atoms with van der Waals surface area (Å²) in [4.78, 5) is 0.247. The summed E-state index contributed by atoms with van der Waals surface area (Å²) >= 11 is 3.51. The molecule has 0 aliphatic heterocycles. The zero-order valence-corrected chi connectivity index (χ0v) is 9.00. The minimum absolute atomic E-state index is 0.207. The highest BCUT2D eigenvalue weighted by atomic mass is 79.9. The van der Waals surface area contributed by atoms with Crippen molar-refractivity contribution >= 4 is 22.0 Å². The molecule has 0 spiro atoms. The topological polar surface area (TPSA) is 20.2 Å². The summed E-state index contributed by atoms with van der Waals surface area (Å²) in [5, 5.41) is 8.75. The van der Waals surface area contributed by atoms with Crippen LogP contribution in [0.4, 0.5) is 0 Å². The van der Waals surface area contributed by atoms with Crippen LogP contribution in [0.2, 0.25) is 0 Å². The van der Waals surface area contributed by atoms with E-state index >= 15 is 0 Å². The van der Waals surface area contributed by atoms with Gasteiger partial charge in [0.2, 0.25) is 0 Å². The highest BCUT2D eigenvalue weighted by molar-refractivity contribution is 9.09. The summed E-state index contributed by atoms with van der Waals surface area (Å²) in [5.74, 6) is 0. The number of hydrogen-bond donors (Lipinski definition) is 1. The molecule has 2 heteroatoms. The summed E-state index contributed by atoms with van der Waals surface area (Å²) in [6, 6.07) is 8.14. The summed E-state index contributed by atoms with van der Waals surface area (Å²) in [6.07, 6.45) is 2.56. The molecular formula is C11H13BrO. The minimum atomic E-state index is 0.207. The Morgan fingerprint density at radius 1 is 1.38 bits per heavy atom. The second kappa shape index (κ2) is 5.20. The van der Waals surface area contributed by atoms with Gasteiger partial charge >= 0.3 is 0 Å². The Bertz CT molecular complexity index is 266. The molecule has 1 nitrogen and oxygen atoms in total. The van der Waals surface area contributed by atoms with Crippen molar-refractivity contribution in [2.75, 3.05) is 6.61 Å². The molecule has 0 amide bonds. The lowest BCUT2D eigenvalue weighted by atomic mass is 10.1. The Labute approximate surface area is 87.2 Å². The number of rotatable bonds is 4. The molecule has 70 valence electrons. The predicted octanol–water partition coefficient (Wildman–Crippen LogP) is 3.15. The fourth-order valence-corrected chi connectivity index (χ4v) is 1.63. The molecule has 0 fully saturated rings. The molecule has 1 rings (SSSR count). The van der Waals surface area contributed by atoms with Crippen molar-refractivity contribution in [3.05, 3.63) is 42.0 Å². The van der Waals surface area contributed by atoms with Crippen LogP contribution in [0.1, 0.15) is 22.4 Å². The predicted molar refractivity (Wildman–Crippen MR) is 59.9 cm³/mol. The Balaban J connectivity index is 2.73. The van der Waals surface area contributed by atoms with E-state index in [1.807, 2.05) is 30.3 Å². The molecular weight excluding hydrogens is 228 g/mol. The number of halogens is 1. The quantitative estimate of drug-likeness (QED) is 0.803. The van der Waals surface area contributed by atoms with Crippen LogP contribution in [-0.4, -0.2) is 11.7 Å². The Morgan fingerprint density at radius 3 is 2.46 bits per heavy atom. The fourth-order valence-electron chi connectivity index (χ4n) is 1.12. The van der Waals surface area contributed by atoms with E-state index in [2.05, 4.69) is 22.5 Å². The van der Waals surface area contributed by atoms with Gasteiger partial charge in [-0.05, 0) is 17.5 Å². The van der Waals surface area contributed by atoms with E-state index in [-0.39, 0.29) is 11.4 Å². The molecule has 13 heavy (non-hydrogen) atoms. The van der Waals surface area contributed by atoms with Gasteiger partial charge in [-0.3, -0.25) is 0 Å². The molecule has 1 N–H and O–H groups in total. The molecule has 0 aromatic heterocycles. The third kappa shape index (κ3) is 2.98. The molecule has 0 radical (unpaired) electrons. The van der Waals surface area contributed by atoms with Crippen molar-refractivity contribution in [1.29, 1.82) is 0 Å². The maximum atomic E-state index is 8.75. The molecule has 0 saturated heterocycles. The van der Waals surface area contributed by atoms with Crippen LogP contribution in [0, 0.1) is 0 Å². The van der Waals surface area contributed by atoms with Gasteiger partial charge in [0.25, 0.3) is 0 Å². The number of benzene rings is 1. The summed E-state index contributed by atoms with van der Waals surface area (Å²) in [5.41, 5.74) is 2.31. The van der Waals surface area contributed by atoms with Gasteiger partial charge < -0.3 is 5.11 Å². The molecule has 0 saturated carbocycles. The van der Waals surface area contributed by atoms with Gasteiger partial charge in [0, 0.05) is 11.4 Å². The molecule has 0 bridgehead atoms. The van der Waals surface area contributed by atoms with Crippen LogP contribution < -0.4 is 0 Å². The van der Waals surface area contributed by atoms with Crippen molar-refractivity contribution in [1.82, 2.24) is 0 Å². The third-order valence-corrected chi connectivity index (χ3v) is 2.90. The Morgan fingerprint density at radius 2 is 2.00 bits per heavy atom. The zero-order valence-electron chi connectivity index (χ0n) is 7.41. The number of aliphatic hydroxyl groups excluding tert-OH is 1. The van der Waals surface area contributed by atoms with E-state index in [4.69, 9.17) is 5.11 Å². The molecule has 0 aliphatic carbocycles. The van der Waals surface area contributed by atoms with Crippen molar-refractivity contribution in [3.63, 3.8) is 0 Å². The molecule has 1 aromatic rings. The molecule has 0 heterocycles. The monoisotopic (exact) mass is 240 g/mol. The largest absolute Gasteiger partial charge is 0.396 e. The molecule has 0 aliphatic rings. The highest BCUT2D eigenvalue weighted by Crippen LogP contribution is 2.26. The van der Waals surface area contributed by atoms with Crippen molar-refractivity contribution in [2.24, 2.45) is 0 Å². The van der Waals surface area contributed by atoms with E-state index < -0.39 is 0 Å². The fraction of sp³-hybridized carbons (Fsp3) is 0.273. The van der Waals surface area contributed by atoms with Crippen LogP contribution in [-0.2, 0) is 0 Å². The first kappa shape index (κ1) is 10.5. The molecule has 1 unspecified atom stereocenters. The van der Waals surface area contributed by atoms with Crippen molar-refractivity contribution in [3.8, 4) is 0 Å². The smallest absolute Gasteiger partial charge is 0.0444 e. The van der Waals surface area contributed by atoms with E-state index in [0.29, 0.717) is 0 Å². The maximum absolute atomic E-state index is 8.75. The first-order valence-corrected chi connectivity index (χ1v) is 5.17. The standard InChI is InChI=1S/C11H13BrO/c1-2-9-3-5-10(6-4-9)11(12)7-8-13/h2-6,11,13H,1,7-8H2. The number of alkyl halides is 1. The van der Waals surface area contributed by atoms with Crippen LogP contribution in [0.15, 0.2) is 30.8 Å². The van der Waals surface area contributed by atoms with Gasteiger partial charge in [-0.25, -0.2) is 0 Å². The zero-order chi connectivity index (χ0) is 9.68. The molecule has 1 atom stereocenters. The lowest BCUT2D eigenvalue weighted by Gasteiger charge is -2.07. The van der Waals surface area contributed by atoms with Gasteiger partial charge in [0.15, 0.2) is 0 Å². The SMILES string of the molecule is C=Cc1ccc(C(Br)CCO)cc1. The lowest BCUT2D eigenvalue weighted by molar-refractivity contribution is 0.288. The van der Waals surface area contributed by atoms with Crippen LogP contribution in [0.25, 0.3) is 6.08 Å². The van der Waals surface area contributed by atoms with E-state index in [9.17, 15) is 0 Å². The number of aliphatic hydroxyl groups is 1. The highest BCUT2D eigenvalue weighted by Gasteiger charge is 2.05. The lowest BCUT2D eigenvalue weighted by Crippen LogP contribution is -1.93. The summed E-state index contributed by atoms with van der Waals surface area (Å²) < 4.78 is 0. The second-order valence-electron chi connectivity index (χ2n) is 2.85. The van der Waals surface area contributed by atoms with Gasteiger partial charge in [-0.1, -0.05) is 52.9 Å². The van der Waals surface area contributed by atoms with Gasteiger partial charge in [0.05, 0.1) is 0 Å². The van der Waals surface area contributed by atoms with Gasteiger partial charge in [0.1, 0.15) is 0 Å². The second-order valence-corrected chi connectivity index (χ2v) is 3.96. The summed E-state index contributed by atoms with van der Waals surface area (Å²) in [6.45, 7) is 3.90. The van der Waals surface area contributed by atoms with Gasteiger partial charge in [-0.2, -0.15) is 0 Å². The molecule has 1 aromatic carbocycles. The third-order valence-electron chi connectivity index (χ3n) is 1.92. The average molecular weight is 241 g/mol. The Hall–Kier alpha value is -0.600. The van der Waals surface area contributed by atoms with E-state index in [1.165, 1.54) is 5.56 Å². The average Bonchev–Trinajstić information content (AvgIpc) is 2.18. The first-order valence-electron chi connectivity index (χ1n) is 4.25. The van der Waals surface area contributed by atoms with Crippen LogP contribution >= 0.6 is 15.9 Å². The van der Waals surface area contributed by atoms with E-state index in [1.54, 1.807) is 0 Å². The van der Waals surface area contributed by atoms with Crippen LogP contribution in [0.5, 0.6) is 0 Å². The summed E-state index contributed by atoms with van der Waals surface area (Å²) in [7, 11) is 0.